The summed E-state index contributed by atoms with van der Waals surface area (Å²) in [7, 11) is 0. The van der Waals surface area contributed by atoms with Crippen LogP contribution in [0.3, 0.4) is 0 Å². The van der Waals surface area contributed by atoms with Gasteiger partial charge in [0.2, 0.25) is 0 Å². The molecular formula is C20H28N2O. The number of carbonyl (C=O) groups is 1. The van der Waals surface area contributed by atoms with E-state index >= 15 is 0 Å². The summed E-state index contributed by atoms with van der Waals surface area (Å²) in [5.41, 5.74) is 5.16. The predicted molar refractivity (Wildman–Crippen MR) is 95.2 cm³/mol. The van der Waals surface area contributed by atoms with Crippen LogP contribution in [0.1, 0.15) is 73.4 Å². The fraction of sp³-hybridized carbons (Fsp3) is 0.500. The molecule has 1 aromatic carbocycles. The first-order valence-electron chi connectivity index (χ1n) is 8.46. The first kappa shape index (κ1) is 17.5. The summed E-state index contributed by atoms with van der Waals surface area (Å²) in [5, 5.41) is 4.48. The number of unbranched alkanes of at least 4 members (excludes halogenated alkanes) is 1. The Hall–Kier alpha value is -1.90. The average Bonchev–Trinajstić information content (AvgIpc) is 2.78. The number of benzene rings is 1. The number of rotatable bonds is 4. The standard InChI is InChI=1S/C20H28N2O/c1-7-8-9-18-14(2)21-22(15(18)3)19(23)16-10-12-17(13-11-16)20(4,5)6/h10-13H,7-9H2,1-6H3. The van der Waals surface area contributed by atoms with E-state index in [1.54, 1.807) is 4.68 Å². The third-order valence-electron chi connectivity index (χ3n) is 4.41. The molecule has 0 saturated carbocycles. The van der Waals surface area contributed by atoms with E-state index in [4.69, 9.17) is 0 Å². The van der Waals surface area contributed by atoms with Crippen LogP contribution >= 0.6 is 0 Å². The van der Waals surface area contributed by atoms with Gasteiger partial charge in [-0.1, -0.05) is 46.2 Å². The molecule has 0 bridgehead atoms. The number of hydrogen-bond acceptors (Lipinski definition) is 2. The summed E-state index contributed by atoms with van der Waals surface area (Å²) in [4.78, 5) is 12.8. The van der Waals surface area contributed by atoms with Crippen molar-refractivity contribution in [2.24, 2.45) is 0 Å². The third kappa shape index (κ3) is 3.72. The summed E-state index contributed by atoms with van der Waals surface area (Å²) in [6.45, 7) is 12.7. The molecule has 1 aromatic heterocycles. The first-order chi connectivity index (χ1) is 10.8. The summed E-state index contributed by atoms with van der Waals surface area (Å²) in [6.07, 6.45) is 3.26. The first-order valence-corrected chi connectivity index (χ1v) is 8.46. The molecule has 0 atom stereocenters. The number of aromatic nitrogens is 2. The van der Waals surface area contributed by atoms with E-state index in [1.165, 1.54) is 11.1 Å². The smallest absolute Gasteiger partial charge is 0.267 e. The highest BCUT2D eigenvalue weighted by Gasteiger charge is 2.19. The predicted octanol–water partition coefficient (Wildman–Crippen LogP) is 4.83. The van der Waals surface area contributed by atoms with Gasteiger partial charge in [-0.2, -0.15) is 5.10 Å². The second-order valence-corrected chi connectivity index (χ2v) is 7.30. The number of hydrogen-bond donors (Lipinski definition) is 0. The van der Waals surface area contributed by atoms with Crippen LogP contribution in [0.25, 0.3) is 0 Å². The Kier molecular flexibility index (Phi) is 5.08. The maximum atomic E-state index is 12.8. The van der Waals surface area contributed by atoms with Gasteiger partial charge in [0.15, 0.2) is 0 Å². The Balaban J connectivity index is 2.30. The van der Waals surface area contributed by atoms with Crippen LogP contribution in [0.15, 0.2) is 24.3 Å². The molecule has 0 amide bonds. The van der Waals surface area contributed by atoms with Crippen molar-refractivity contribution in [2.45, 2.75) is 66.2 Å². The fourth-order valence-corrected chi connectivity index (χ4v) is 2.82. The second kappa shape index (κ2) is 6.69. The molecule has 0 aliphatic heterocycles. The maximum absolute atomic E-state index is 12.8. The quantitative estimate of drug-likeness (QED) is 0.810. The van der Waals surface area contributed by atoms with Crippen molar-refractivity contribution in [3.63, 3.8) is 0 Å². The molecule has 0 fully saturated rings. The fourth-order valence-electron chi connectivity index (χ4n) is 2.82. The molecular weight excluding hydrogens is 284 g/mol. The zero-order chi connectivity index (χ0) is 17.2. The van der Waals surface area contributed by atoms with Crippen LogP contribution < -0.4 is 0 Å². The van der Waals surface area contributed by atoms with E-state index in [0.29, 0.717) is 5.56 Å². The molecule has 3 heteroatoms. The Morgan fingerprint density at radius 1 is 1.13 bits per heavy atom. The lowest BCUT2D eigenvalue weighted by Crippen LogP contribution is -2.16. The molecule has 1 heterocycles. The Morgan fingerprint density at radius 3 is 2.26 bits per heavy atom. The Morgan fingerprint density at radius 2 is 1.74 bits per heavy atom. The maximum Gasteiger partial charge on any atom is 0.278 e. The molecule has 0 unspecified atom stereocenters. The lowest BCUT2D eigenvalue weighted by atomic mass is 9.87. The number of carbonyl (C=O) groups excluding carboxylic acids is 1. The van der Waals surface area contributed by atoms with Crippen LogP contribution in [-0.2, 0) is 11.8 Å². The summed E-state index contributed by atoms with van der Waals surface area (Å²) in [5.74, 6) is -0.0474. The SMILES string of the molecule is CCCCc1c(C)nn(C(=O)c2ccc(C(C)(C)C)cc2)c1C. The van der Waals surface area contributed by atoms with E-state index in [-0.39, 0.29) is 11.3 Å². The normalized spacial score (nSPS) is 11.7. The minimum atomic E-state index is -0.0474. The molecule has 0 aliphatic carbocycles. The van der Waals surface area contributed by atoms with Crippen LogP contribution in [0, 0.1) is 13.8 Å². The topological polar surface area (TPSA) is 34.9 Å². The van der Waals surface area contributed by atoms with Crippen molar-refractivity contribution in [1.82, 2.24) is 9.78 Å². The van der Waals surface area contributed by atoms with E-state index in [1.807, 2.05) is 38.1 Å². The highest BCUT2D eigenvalue weighted by atomic mass is 16.2. The molecule has 23 heavy (non-hydrogen) atoms. The highest BCUT2D eigenvalue weighted by molar-refractivity contribution is 5.96. The average molecular weight is 312 g/mol. The molecule has 2 rings (SSSR count). The van der Waals surface area contributed by atoms with Gasteiger partial charge in [-0.3, -0.25) is 4.79 Å². The monoisotopic (exact) mass is 312 g/mol. The van der Waals surface area contributed by atoms with Gasteiger partial charge < -0.3 is 0 Å². The van der Waals surface area contributed by atoms with Gasteiger partial charge in [-0.15, -0.1) is 0 Å². The van der Waals surface area contributed by atoms with Gasteiger partial charge in [-0.25, -0.2) is 4.68 Å². The van der Waals surface area contributed by atoms with E-state index < -0.39 is 0 Å². The van der Waals surface area contributed by atoms with Crippen LogP contribution in [0.2, 0.25) is 0 Å². The van der Waals surface area contributed by atoms with E-state index in [2.05, 4.69) is 32.8 Å². The van der Waals surface area contributed by atoms with Crippen molar-refractivity contribution in [3.8, 4) is 0 Å². The molecule has 0 spiro atoms. The van der Waals surface area contributed by atoms with E-state index in [0.717, 1.165) is 30.7 Å². The largest absolute Gasteiger partial charge is 0.278 e. The molecule has 3 nitrogen and oxygen atoms in total. The lowest BCUT2D eigenvalue weighted by Gasteiger charge is -2.19. The van der Waals surface area contributed by atoms with Crippen LogP contribution in [0.5, 0.6) is 0 Å². The Bertz CT molecular complexity index is 688. The second-order valence-electron chi connectivity index (χ2n) is 7.30. The molecule has 0 radical (unpaired) electrons. The molecule has 0 N–H and O–H groups in total. The highest BCUT2D eigenvalue weighted by Crippen LogP contribution is 2.23. The van der Waals surface area contributed by atoms with Crippen molar-refractivity contribution in [1.29, 1.82) is 0 Å². The molecule has 2 aromatic rings. The van der Waals surface area contributed by atoms with Gasteiger partial charge in [0.1, 0.15) is 0 Å². The van der Waals surface area contributed by atoms with Crippen molar-refractivity contribution >= 4 is 5.91 Å². The summed E-state index contributed by atoms with van der Waals surface area (Å²) >= 11 is 0. The minimum absolute atomic E-state index is 0.0474. The van der Waals surface area contributed by atoms with Crippen molar-refractivity contribution in [2.75, 3.05) is 0 Å². The molecule has 0 aliphatic rings. The van der Waals surface area contributed by atoms with Gasteiger partial charge in [0.25, 0.3) is 5.91 Å². The minimum Gasteiger partial charge on any atom is -0.267 e. The van der Waals surface area contributed by atoms with Crippen LogP contribution in [0.4, 0.5) is 0 Å². The molecule has 0 saturated heterocycles. The third-order valence-corrected chi connectivity index (χ3v) is 4.41. The van der Waals surface area contributed by atoms with Gasteiger partial charge in [-0.05, 0) is 55.4 Å². The van der Waals surface area contributed by atoms with Crippen molar-refractivity contribution in [3.05, 3.63) is 52.3 Å². The number of nitrogens with zero attached hydrogens (tertiary/aromatic N) is 2. The summed E-state index contributed by atoms with van der Waals surface area (Å²) < 4.78 is 1.56. The molecule has 124 valence electrons. The van der Waals surface area contributed by atoms with Crippen molar-refractivity contribution < 1.29 is 4.79 Å². The summed E-state index contributed by atoms with van der Waals surface area (Å²) in [6, 6.07) is 7.89. The number of aryl methyl sites for hydroxylation is 1. The van der Waals surface area contributed by atoms with Crippen LogP contribution in [-0.4, -0.2) is 15.7 Å². The van der Waals surface area contributed by atoms with Gasteiger partial charge in [0.05, 0.1) is 5.69 Å². The Labute approximate surface area is 139 Å². The van der Waals surface area contributed by atoms with E-state index in [9.17, 15) is 4.79 Å². The van der Waals surface area contributed by atoms with Gasteiger partial charge in [0, 0.05) is 11.3 Å². The lowest BCUT2D eigenvalue weighted by molar-refractivity contribution is 0.0942. The zero-order valence-corrected chi connectivity index (χ0v) is 15.2. The van der Waals surface area contributed by atoms with Gasteiger partial charge >= 0.3 is 0 Å². The zero-order valence-electron chi connectivity index (χ0n) is 15.2.